The molecule has 1 atom stereocenters. The Morgan fingerprint density at radius 2 is 2.00 bits per heavy atom. The first-order chi connectivity index (χ1) is 13.3. The summed E-state index contributed by atoms with van der Waals surface area (Å²) in [6.45, 7) is 7.38. The van der Waals surface area contributed by atoms with Gasteiger partial charge in [-0.15, -0.1) is 5.10 Å². The molecule has 0 bridgehead atoms. The number of aromatic nitrogens is 5. The van der Waals surface area contributed by atoms with Gasteiger partial charge < -0.3 is 9.64 Å². The van der Waals surface area contributed by atoms with Gasteiger partial charge in [0.05, 0.1) is 29.4 Å². The average Bonchev–Trinajstić information content (AvgIpc) is 3.34. The lowest BCUT2D eigenvalue weighted by Crippen LogP contribution is -2.48. The molecule has 1 aromatic carbocycles. The fourth-order valence-electron chi connectivity index (χ4n) is 3.61. The van der Waals surface area contributed by atoms with Crippen LogP contribution in [0.4, 0.5) is 5.13 Å². The maximum absolute atomic E-state index is 5.17. The van der Waals surface area contributed by atoms with Crippen LogP contribution in [0, 0.1) is 0 Å². The minimum absolute atomic E-state index is 0.231. The highest BCUT2D eigenvalue weighted by Crippen LogP contribution is 2.30. The number of tetrazole rings is 1. The number of thiazole rings is 1. The van der Waals surface area contributed by atoms with Crippen LogP contribution in [0.3, 0.4) is 0 Å². The lowest BCUT2D eigenvalue weighted by atomic mass is 10.1. The zero-order valence-electron chi connectivity index (χ0n) is 15.8. The van der Waals surface area contributed by atoms with Crippen molar-refractivity contribution >= 4 is 26.7 Å². The number of hydrogen-bond donors (Lipinski definition) is 0. The standard InChI is InChI=1S/C18H25N7OS/c1-3-15(17-20-21-22-25(17)12-13-26-2)23-8-10-24(11-9-23)18-19-14-6-4-5-7-16(14)27-18/h4-7,15H,3,8-13H2,1-2H3. The van der Waals surface area contributed by atoms with Crippen LogP contribution in [-0.4, -0.2) is 70.0 Å². The number of hydrogen-bond acceptors (Lipinski definition) is 8. The van der Waals surface area contributed by atoms with Gasteiger partial charge >= 0.3 is 0 Å². The van der Waals surface area contributed by atoms with Gasteiger partial charge in [-0.1, -0.05) is 30.4 Å². The van der Waals surface area contributed by atoms with Gasteiger partial charge in [-0.2, -0.15) is 0 Å². The van der Waals surface area contributed by atoms with E-state index >= 15 is 0 Å². The summed E-state index contributed by atoms with van der Waals surface area (Å²) < 4.78 is 8.30. The maximum Gasteiger partial charge on any atom is 0.186 e. The van der Waals surface area contributed by atoms with Crippen LogP contribution in [-0.2, 0) is 11.3 Å². The second kappa shape index (κ2) is 8.28. The Hall–Kier alpha value is -2.10. The molecule has 3 heterocycles. The van der Waals surface area contributed by atoms with Crippen molar-refractivity contribution in [2.45, 2.75) is 25.9 Å². The Bertz CT molecular complexity index is 838. The van der Waals surface area contributed by atoms with Gasteiger partial charge in [-0.05, 0) is 29.0 Å². The Morgan fingerprint density at radius 1 is 1.19 bits per heavy atom. The quantitative estimate of drug-likeness (QED) is 0.615. The molecule has 2 aromatic heterocycles. The third kappa shape index (κ3) is 3.80. The number of rotatable bonds is 7. The van der Waals surface area contributed by atoms with E-state index in [-0.39, 0.29) is 6.04 Å². The molecule has 1 unspecified atom stereocenters. The van der Waals surface area contributed by atoms with Gasteiger partial charge in [0.2, 0.25) is 0 Å². The molecule has 3 aromatic rings. The lowest BCUT2D eigenvalue weighted by molar-refractivity contribution is 0.157. The summed E-state index contributed by atoms with van der Waals surface area (Å²) in [5.41, 5.74) is 1.09. The molecule has 1 aliphatic heterocycles. The molecule has 1 fully saturated rings. The van der Waals surface area contributed by atoms with E-state index in [9.17, 15) is 0 Å². The van der Waals surface area contributed by atoms with E-state index in [4.69, 9.17) is 9.72 Å². The third-order valence-electron chi connectivity index (χ3n) is 5.06. The van der Waals surface area contributed by atoms with Crippen LogP contribution >= 0.6 is 11.3 Å². The van der Waals surface area contributed by atoms with Gasteiger partial charge in [-0.3, -0.25) is 4.90 Å². The van der Waals surface area contributed by atoms with Crippen molar-refractivity contribution in [2.24, 2.45) is 0 Å². The monoisotopic (exact) mass is 387 g/mol. The summed E-state index contributed by atoms with van der Waals surface area (Å²) in [6.07, 6.45) is 0.981. The molecule has 1 aliphatic rings. The minimum Gasteiger partial charge on any atom is -0.383 e. The highest BCUT2D eigenvalue weighted by molar-refractivity contribution is 7.22. The molecule has 4 rings (SSSR count). The van der Waals surface area contributed by atoms with E-state index < -0.39 is 0 Å². The molecule has 0 radical (unpaired) electrons. The van der Waals surface area contributed by atoms with E-state index in [0.29, 0.717) is 13.2 Å². The van der Waals surface area contributed by atoms with Gasteiger partial charge in [0, 0.05) is 33.3 Å². The molecule has 9 heteroatoms. The fraction of sp³-hybridized carbons (Fsp3) is 0.556. The first-order valence-corrected chi connectivity index (χ1v) is 10.2. The summed E-state index contributed by atoms with van der Waals surface area (Å²) in [5, 5.41) is 13.4. The summed E-state index contributed by atoms with van der Waals surface area (Å²) in [5.74, 6) is 0.933. The van der Waals surface area contributed by atoms with Crippen LogP contribution in [0.25, 0.3) is 10.2 Å². The number of fused-ring (bicyclic) bond motifs is 1. The number of nitrogens with zero attached hydrogens (tertiary/aromatic N) is 7. The maximum atomic E-state index is 5.17. The van der Waals surface area contributed by atoms with Crippen LogP contribution in [0.1, 0.15) is 25.2 Å². The van der Waals surface area contributed by atoms with Crippen molar-refractivity contribution in [1.29, 1.82) is 0 Å². The first kappa shape index (κ1) is 18.3. The SMILES string of the molecule is CCC(c1nnnn1CCOC)N1CCN(c2nc3ccccc3s2)CC1. The Balaban J connectivity index is 1.43. The molecule has 144 valence electrons. The topological polar surface area (TPSA) is 72.2 Å². The highest BCUT2D eigenvalue weighted by atomic mass is 32.1. The number of para-hydroxylation sites is 1. The van der Waals surface area contributed by atoms with Crippen LogP contribution in [0.2, 0.25) is 0 Å². The fourth-order valence-corrected chi connectivity index (χ4v) is 4.63. The minimum atomic E-state index is 0.231. The molecule has 0 saturated carbocycles. The second-order valence-electron chi connectivity index (χ2n) is 6.66. The number of benzene rings is 1. The predicted molar refractivity (Wildman–Crippen MR) is 106 cm³/mol. The molecule has 27 heavy (non-hydrogen) atoms. The Kier molecular flexibility index (Phi) is 5.61. The van der Waals surface area contributed by atoms with E-state index in [1.165, 1.54) is 4.70 Å². The molecule has 0 spiro atoms. The van der Waals surface area contributed by atoms with Crippen molar-refractivity contribution in [3.63, 3.8) is 0 Å². The molecular weight excluding hydrogens is 362 g/mol. The van der Waals surface area contributed by atoms with Crippen molar-refractivity contribution in [3.05, 3.63) is 30.1 Å². The second-order valence-corrected chi connectivity index (χ2v) is 7.67. The lowest BCUT2D eigenvalue weighted by Gasteiger charge is -2.38. The van der Waals surface area contributed by atoms with Gasteiger partial charge in [0.25, 0.3) is 0 Å². The van der Waals surface area contributed by atoms with Crippen LogP contribution in [0.5, 0.6) is 0 Å². The van der Waals surface area contributed by atoms with Crippen molar-refractivity contribution in [1.82, 2.24) is 30.1 Å². The van der Waals surface area contributed by atoms with Crippen molar-refractivity contribution < 1.29 is 4.74 Å². The zero-order chi connectivity index (χ0) is 18.6. The highest BCUT2D eigenvalue weighted by Gasteiger charge is 2.28. The molecule has 0 N–H and O–H groups in total. The summed E-state index contributed by atoms with van der Waals surface area (Å²) in [6, 6.07) is 8.57. The van der Waals surface area contributed by atoms with Crippen LogP contribution < -0.4 is 4.90 Å². The van der Waals surface area contributed by atoms with Crippen molar-refractivity contribution in [2.75, 3.05) is 44.8 Å². The average molecular weight is 388 g/mol. The third-order valence-corrected chi connectivity index (χ3v) is 6.16. The first-order valence-electron chi connectivity index (χ1n) is 9.39. The number of anilines is 1. The Morgan fingerprint density at radius 3 is 2.74 bits per heavy atom. The van der Waals surface area contributed by atoms with E-state index in [0.717, 1.165) is 49.1 Å². The Labute approximate surface area is 162 Å². The molecule has 0 aliphatic carbocycles. The van der Waals surface area contributed by atoms with Crippen molar-refractivity contribution in [3.8, 4) is 0 Å². The molecule has 1 saturated heterocycles. The summed E-state index contributed by atoms with van der Waals surface area (Å²) in [7, 11) is 1.70. The van der Waals surface area contributed by atoms with Gasteiger partial charge in [-0.25, -0.2) is 9.67 Å². The number of piperazine rings is 1. The van der Waals surface area contributed by atoms with E-state index in [1.54, 1.807) is 18.4 Å². The van der Waals surface area contributed by atoms with Gasteiger partial charge in [0.15, 0.2) is 11.0 Å². The summed E-state index contributed by atoms with van der Waals surface area (Å²) >= 11 is 1.77. The zero-order valence-corrected chi connectivity index (χ0v) is 16.6. The number of methoxy groups -OCH3 is 1. The largest absolute Gasteiger partial charge is 0.383 e. The molecular formula is C18H25N7OS. The smallest absolute Gasteiger partial charge is 0.186 e. The van der Waals surface area contributed by atoms with Gasteiger partial charge in [0.1, 0.15) is 0 Å². The molecule has 8 nitrogen and oxygen atoms in total. The normalized spacial score (nSPS) is 16.9. The number of ether oxygens (including phenoxy) is 1. The predicted octanol–water partition coefficient (Wildman–Crippen LogP) is 2.20. The van der Waals surface area contributed by atoms with E-state index in [2.05, 4.69) is 50.4 Å². The van der Waals surface area contributed by atoms with Crippen LogP contribution in [0.15, 0.2) is 24.3 Å². The van der Waals surface area contributed by atoms with E-state index in [1.807, 2.05) is 10.7 Å². The summed E-state index contributed by atoms with van der Waals surface area (Å²) in [4.78, 5) is 9.68. The molecule has 0 amide bonds.